The van der Waals surface area contributed by atoms with Crippen LogP contribution in [0.1, 0.15) is 18.0 Å². The van der Waals surface area contributed by atoms with Crippen molar-refractivity contribution in [2.75, 3.05) is 13.7 Å². The SMILES string of the molecule is COc1ccccc1[C@H]1CCOC(=O)N1.Cl. The van der Waals surface area contributed by atoms with Crippen molar-refractivity contribution in [2.45, 2.75) is 12.5 Å². The summed E-state index contributed by atoms with van der Waals surface area (Å²) in [5, 5.41) is 2.77. The molecule has 1 fully saturated rings. The molecule has 1 N–H and O–H groups in total. The van der Waals surface area contributed by atoms with E-state index in [1.807, 2.05) is 24.3 Å². The van der Waals surface area contributed by atoms with E-state index >= 15 is 0 Å². The molecule has 88 valence electrons. The van der Waals surface area contributed by atoms with Crippen LogP contribution in [0.25, 0.3) is 0 Å². The Bertz CT molecular complexity index is 370. The van der Waals surface area contributed by atoms with E-state index in [1.54, 1.807) is 7.11 Å². The van der Waals surface area contributed by atoms with Gasteiger partial charge in [0.15, 0.2) is 0 Å². The van der Waals surface area contributed by atoms with E-state index in [9.17, 15) is 4.79 Å². The number of cyclic esters (lactones) is 1. The van der Waals surface area contributed by atoms with Crippen LogP contribution >= 0.6 is 12.4 Å². The van der Waals surface area contributed by atoms with E-state index in [1.165, 1.54) is 0 Å². The minimum atomic E-state index is -0.364. The number of alkyl carbamates (subject to hydrolysis) is 1. The summed E-state index contributed by atoms with van der Waals surface area (Å²) in [5.74, 6) is 0.796. The Hall–Kier alpha value is -1.42. The summed E-state index contributed by atoms with van der Waals surface area (Å²) in [7, 11) is 1.62. The van der Waals surface area contributed by atoms with Crippen molar-refractivity contribution in [3.05, 3.63) is 29.8 Å². The van der Waals surface area contributed by atoms with Gasteiger partial charge in [-0.05, 0) is 6.07 Å². The molecule has 1 aliphatic rings. The van der Waals surface area contributed by atoms with E-state index in [0.717, 1.165) is 17.7 Å². The summed E-state index contributed by atoms with van der Waals surface area (Å²) in [5.41, 5.74) is 0.997. The van der Waals surface area contributed by atoms with Gasteiger partial charge in [-0.1, -0.05) is 18.2 Å². The normalized spacial score (nSPS) is 19.1. The topological polar surface area (TPSA) is 47.6 Å². The highest BCUT2D eigenvalue weighted by atomic mass is 35.5. The molecular formula is C11H14ClNO3. The van der Waals surface area contributed by atoms with E-state index in [-0.39, 0.29) is 24.5 Å². The average molecular weight is 244 g/mol. The Morgan fingerprint density at radius 2 is 2.19 bits per heavy atom. The molecule has 16 heavy (non-hydrogen) atoms. The molecule has 1 heterocycles. The maximum absolute atomic E-state index is 11.1. The zero-order valence-corrected chi connectivity index (χ0v) is 9.75. The summed E-state index contributed by atoms with van der Waals surface area (Å²) >= 11 is 0. The lowest BCUT2D eigenvalue weighted by Crippen LogP contribution is -2.35. The second kappa shape index (κ2) is 5.61. The van der Waals surface area contributed by atoms with Crippen LogP contribution in [0.2, 0.25) is 0 Å². The Balaban J connectivity index is 0.00000128. The van der Waals surface area contributed by atoms with E-state index < -0.39 is 0 Å². The first-order chi connectivity index (χ1) is 7.31. The standard InChI is InChI=1S/C11H13NO3.ClH/c1-14-10-5-3-2-4-8(10)9-6-7-15-11(13)12-9;/h2-5,9H,6-7H2,1H3,(H,12,13);1H/t9-;/m1./s1. The van der Waals surface area contributed by atoms with Crippen LogP contribution in [0.5, 0.6) is 5.75 Å². The molecule has 5 heteroatoms. The maximum Gasteiger partial charge on any atom is 0.407 e. The molecule has 1 amide bonds. The number of hydrogen-bond donors (Lipinski definition) is 1. The number of methoxy groups -OCH3 is 1. The molecule has 1 aliphatic heterocycles. The van der Waals surface area contributed by atoms with Gasteiger partial charge in [-0.2, -0.15) is 0 Å². The fraction of sp³-hybridized carbons (Fsp3) is 0.364. The molecule has 1 aromatic rings. The Labute approximate surface area is 100 Å². The molecule has 0 aromatic heterocycles. The number of hydrogen-bond acceptors (Lipinski definition) is 3. The predicted octanol–water partition coefficient (Wildman–Crippen LogP) is 2.29. The predicted molar refractivity (Wildman–Crippen MR) is 62.1 cm³/mol. The highest BCUT2D eigenvalue weighted by molar-refractivity contribution is 5.85. The number of rotatable bonds is 2. The van der Waals surface area contributed by atoms with E-state index in [0.29, 0.717) is 6.61 Å². The average Bonchev–Trinajstić information content (AvgIpc) is 2.29. The first-order valence-electron chi connectivity index (χ1n) is 4.87. The molecule has 1 atom stereocenters. The number of carbonyl (C=O) groups excluding carboxylic acids is 1. The van der Waals surface area contributed by atoms with Crippen LogP contribution < -0.4 is 10.1 Å². The molecule has 0 bridgehead atoms. The smallest absolute Gasteiger partial charge is 0.407 e. The van der Waals surface area contributed by atoms with Crippen molar-refractivity contribution < 1.29 is 14.3 Å². The molecule has 0 saturated carbocycles. The molecular weight excluding hydrogens is 230 g/mol. The van der Waals surface area contributed by atoms with Gasteiger partial charge in [-0.25, -0.2) is 4.79 Å². The zero-order valence-electron chi connectivity index (χ0n) is 8.93. The minimum Gasteiger partial charge on any atom is -0.496 e. The first-order valence-corrected chi connectivity index (χ1v) is 4.87. The second-order valence-corrected chi connectivity index (χ2v) is 3.36. The third-order valence-corrected chi connectivity index (χ3v) is 2.45. The number of amides is 1. The summed E-state index contributed by atoms with van der Waals surface area (Å²) in [4.78, 5) is 11.1. The molecule has 0 unspecified atom stereocenters. The first kappa shape index (κ1) is 12.6. The van der Waals surface area contributed by atoms with Crippen molar-refractivity contribution in [2.24, 2.45) is 0 Å². The van der Waals surface area contributed by atoms with Crippen LogP contribution in [-0.2, 0) is 4.74 Å². The van der Waals surface area contributed by atoms with Gasteiger partial charge in [-0.3, -0.25) is 0 Å². The fourth-order valence-corrected chi connectivity index (χ4v) is 1.71. The van der Waals surface area contributed by atoms with Crippen LogP contribution in [-0.4, -0.2) is 19.8 Å². The van der Waals surface area contributed by atoms with Crippen molar-refractivity contribution in [3.63, 3.8) is 0 Å². The molecule has 2 rings (SSSR count). The minimum absolute atomic E-state index is 0. The van der Waals surface area contributed by atoms with Crippen LogP contribution in [0.15, 0.2) is 24.3 Å². The molecule has 1 saturated heterocycles. The summed E-state index contributed by atoms with van der Waals surface area (Å²) in [6, 6.07) is 7.66. The lowest BCUT2D eigenvalue weighted by molar-refractivity contribution is 0.115. The van der Waals surface area contributed by atoms with Crippen LogP contribution in [0, 0.1) is 0 Å². The van der Waals surface area contributed by atoms with Gasteiger partial charge in [0.05, 0.1) is 19.8 Å². The molecule has 0 spiro atoms. The summed E-state index contributed by atoms with van der Waals surface area (Å²) in [6.07, 6.45) is 0.406. The van der Waals surface area contributed by atoms with Gasteiger partial charge in [0.1, 0.15) is 5.75 Å². The van der Waals surface area contributed by atoms with Crippen molar-refractivity contribution in [1.29, 1.82) is 0 Å². The largest absolute Gasteiger partial charge is 0.496 e. The van der Waals surface area contributed by atoms with Gasteiger partial charge in [-0.15, -0.1) is 12.4 Å². The number of nitrogens with one attached hydrogen (secondary N) is 1. The Kier molecular flexibility index (Phi) is 4.43. The van der Waals surface area contributed by atoms with Crippen molar-refractivity contribution >= 4 is 18.5 Å². The highest BCUT2D eigenvalue weighted by Crippen LogP contribution is 2.28. The number of carbonyl (C=O) groups is 1. The number of para-hydroxylation sites is 1. The fourth-order valence-electron chi connectivity index (χ4n) is 1.71. The quantitative estimate of drug-likeness (QED) is 0.867. The highest BCUT2D eigenvalue weighted by Gasteiger charge is 2.22. The lowest BCUT2D eigenvalue weighted by Gasteiger charge is -2.24. The molecule has 4 nitrogen and oxygen atoms in total. The third kappa shape index (κ3) is 2.58. The van der Waals surface area contributed by atoms with Gasteiger partial charge < -0.3 is 14.8 Å². The lowest BCUT2D eigenvalue weighted by atomic mass is 10.0. The Morgan fingerprint density at radius 3 is 2.88 bits per heavy atom. The number of ether oxygens (including phenoxy) is 2. The van der Waals surface area contributed by atoms with Gasteiger partial charge >= 0.3 is 6.09 Å². The number of halogens is 1. The summed E-state index contributed by atoms with van der Waals surface area (Å²) < 4.78 is 10.1. The van der Waals surface area contributed by atoms with Crippen molar-refractivity contribution in [1.82, 2.24) is 5.32 Å². The molecule has 0 radical (unpaired) electrons. The molecule has 1 aromatic carbocycles. The van der Waals surface area contributed by atoms with Gasteiger partial charge in [0.25, 0.3) is 0 Å². The van der Waals surface area contributed by atoms with E-state index in [4.69, 9.17) is 9.47 Å². The van der Waals surface area contributed by atoms with Gasteiger partial charge in [0, 0.05) is 12.0 Å². The monoisotopic (exact) mass is 243 g/mol. The second-order valence-electron chi connectivity index (χ2n) is 3.36. The zero-order chi connectivity index (χ0) is 10.7. The summed E-state index contributed by atoms with van der Waals surface area (Å²) in [6.45, 7) is 0.453. The van der Waals surface area contributed by atoms with Crippen LogP contribution in [0.4, 0.5) is 4.79 Å². The van der Waals surface area contributed by atoms with E-state index in [2.05, 4.69) is 5.32 Å². The van der Waals surface area contributed by atoms with Crippen LogP contribution in [0.3, 0.4) is 0 Å². The van der Waals surface area contributed by atoms with Gasteiger partial charge in [0.2, 0.25) is 0 Å². The molecule has 0 aliphatic carbocycles. The third-order valence-electron chi connectivity index (χ3n) is 2.45. The maximum atomic E-state index is 11.1. The van der Waals surface area contributed by atoms with Crippen molar-refractivity contribution in [3.8, 4) is 5.75 Å². The number of benzene rings is 1. The Morgan fingerprint density at radius 1 is 1.44 bits per heavy atom.